The highest BCUT2D eigenvalue weighted by atomic mass is 16.5. The Hall–Kier alpha value is -2.62. The number of carbonyl (C=O) groups is 2. The third kappa shape index (κ3) is 4.18. The second kappa shape index (κ2) is 6.22. The van der Waals surface area contributed by atoms with E-state index in [1.54, 1.807) is 24.3 Å². The fraction of sp³-hybridized carbons (Fsp3) is 0.176. The number of carbonyl (C=O) groups excluding carboxylic acids is 1. The Labute approximate surface area is 123 Å². The number of benzene rings is 2. The van der Waals surface area contributed by atoms with Crippen molar-refractivity contribution < 1.29 is 19.4 Å². The molecule has 2 aromatic rings. The molecule has 0 aliphatic heterocycles. The van der Waals surface area contributed by atoms with E-state index < -0.39 is 5.97 Å². The molecule has 0 amide bonds. The van der Waals surface area contributed by atoms with Crippen molar-refractivity contribution in [1.82, 2.24) is 0 Å². The number of carboxylic acid groups (broad SMARTS) is 1. The van der Waals surface area contributed by atoms with Crippen LogP contribution >= 0.6 is 0 Å². The van der Waals surface area contributed by atoms with Gasteiger partial charge in [-0.1, -0.05) is 18.2 Å². The molecule has 0 bridgehead atoms. The zero-order valence-corrected chi connectivity index (χ0v) is 11.9. The van der Waals surface area contributed by atoms with Gasteiger partial charge in [0.2, 0.25) is 0 Å². The van der Waals surface area contributed by atoms with Gasteiger partial charge >= 0.3 is 11.9 Å². The highest BCUT2D eigenvalue weighted by molar-refractivity contribution is 5.87. The lowest BCUT2D eigenvalue weighted by Crippen LogP contribution is -2.11. The fourth-order valence-electron chi connectivity index (χ4n) is 2.09. The summed E-state index contributed by atoms with van der Waals surface area (Å²) in [5.74, 6) is -0.831. The molecule has 0 unspecified atom stereocenters. The predicted molar refractivity (Wildman–Crippen MR) is 78.7 cm³/mol. The van der Waals surface area contributed by atoms with Gasteiger partial charge in [-0.25, -0.2) is 4.79 Å². The van der Waals surface area contributed by atoms with Crippen LogP contribution < -0.4 is 4.74 Å². The summed E-state index contributed by atoms with van der Waals surface area (Å²) in [6.07, 6.45) is 0.104. The minimum atomic E-state index is -0.987. The third-order valence-corrected chi connectivity index (χ3v) is 2.98. The maximum atomic E-state index is 11.9. The maximum absolute atomic E-state index is 11.9. The molecule has 0 aliphatic rings. The zero-order valence-electron chi connectivity index (χ0n) is 11.9. The van der Waals surface area contributed by atoms with Gasteiger partial charge in [-0.05, 0) is 54.8 Å². The van der Waals surface area contributed by atoms with Gasteiger partial charge in [0.15, 0.2) is 0 Å². The standard InChI is InChI=1S/C17H16O4/c1-11-7-12(2)9-15(8-11)21-16(18)10-13-3-5-14(6-4-13)17(19)20/h3-9H,10H2,1-2H3,(H,19,20). The van der Waals surface area contributed by atoms with Crippen molar-refractivity contribution >= 4 is 11.9 Å². The van der Waals surface area contributed by atoms with Crippen molar-refractivity contribution in [1.29, 1.82) is 0 Å². The summed E-state index contributed by atoms with van der Waals surface area (Å²) in [5, 5.41) is 8.81. The molecule has 0 radical (unpaired) electrons. The number of aryl methyl sites for hydroxylation is 2. The van der Waals surface area contributed by atoms with Gasteiger partial charge in [0.05, 0.1) is 12.0 Å². The number of hydrogen-bond acceptors (Lipinski definition) is 3. The lowest BCUT2D eigenvalue weighted by atomic mass is 10.1. The molecule has 1 N–H and O–H groups in total. The van der Waals surface area contributed by atoms with Crippen molar-refractivity contribution in [2.24, 2.45) is 0 Å². The van der Waals surface area contributed by atoms with Crippen LogP contribution in [0.15, 0.2) is 42.5 Å². The quantitative estimate of drug-likeness (QED) is 0.692. The molecule has 0 saturated carbocycles. The molecule has 0 atom stereocenters. The molecule has 2 rings (SSSR count). The number of carboxylic acids is 1. The molecule has 0 fully saturated rings. The molecule has 21 heavy (non-hydrogen) atoms. The molecule has 0 saturated heterocycles. The summed E-state index contributed by atoms with van der Waals surface area (Å²) >= 11 is 0. The van der Waals surface area contributed by atoms with E-state index in [4.69, 9.17) is 9.84 Å². The van der Waals surface area contributed by atoms with Gasteiger partial charge in [0.25, 0.3) is 0 Å². The first-order valence-corrected chi connectivity index (χ1v) is 6.55. The van der Waals surface area contributed by atoms with Gasteiger partial charge in [-0.2, -0.15) is 0 Å². The van der Waals surface area contributed by atoms with Crippen LogP contribution in [0.25, 0.3) is 0 Å². The Morgan fingerprint density at radius 2 is 1.57 bits per heavy atom. The Balaban J connectivity index is 2.02. The molecule has 0 aromatic heterocycles. The molecule has 108 valence electrons. The van der Waals surface area contributed by atoms with Crippen molar-refractivity contribution in [3.05, 3.63) is 64.7 Å². The minimum absolute atomic E-state index is 0.104. The molecule has 4 heteroatoms. The Morgan fingerprint density at radius 3 is 2.10 bits per heavy atom. The van der Waals surface area contributed by atoms with Gasteiger partial charge in [0.1, 0.15) is 5.75 Å². The van der Waals surface area contributed by atoms with Crippen molar-refractivity contribution in [2.75, 3.05) is 0 Å². The summed E-state index contributed by atoms with van der Waals surface area (Å²) < 4.78 is 5.30. The van der Waals surface area contributed by atoms with E-state index in [0.717, 1.165) is 16.7 Å². The number of ether oxygens (including phenoxy) is 1. The van der Waals surface area contributed by atoms with Crippen LogP contribution in [-0.4, -0.2) is 17.0 Å². The van der Waals surface area contributed by atoms with Crippen LogP contribution in [0.5, 0.6) is 5.75 Å². The minimum Gasteiger partial charge on any atom is -0.478 e. The van der Waals surface area contributed by atoms with Crippen LogP contribution in [-0.2, 0) is 11.2 Å². The van der Waals surface area contributed by atoms with Crippen LogP contribution in [0, 0.1) is 13.8 Å². The van der Waals surface area contributed by atoms with E-state index in [9.17, 15) is 9.59 Å². The third-order valence-electron chi connectivity index (χ3n) is 2.98. The lowest BCUT2D eigenvalue weighted by molar-refractivity contribution is -0.133. The van der Waals surface area contributed by atoms with E-state index in [1.165, 1.54) is 12.1 Å². The van der Waals surface area contributed by atoms with Gasteiger partial charge < -0.3 is 9.84 Å². The van der Waals surface area contributed by atoms with E-state index in [0.29, 0.717) is 5.75 Å². The lowest BCUT2D eigenvalue weighted by Gasteiger charge is -2.07. The van der Waals surface area contributed by atoms with Crippen LogP contribution in [0.3, 0.4) is 0 Å². The number of rotatable bonds is 4. The first-order chi connectivity index (χ1) is 9.94. The largest absolute Gasteiger partial charge is 0.478 e. The average molecular weight is 284 g/mol. The van der Waals surface area contributed by atoms with Gasteiger partial charge in [-0.3, -0.25) is 4.79 Å². The van der Waals surface area contributed by atoms with Gasteiger partial charge in [0, 0.05) is 0 Å². The summed E-state index contributed by atoms with van der Waals surface area (Å²) in [4.78, 5) is 22.6. The van der Waals surface area contributed by atoms with Crippen molar-refractivity contribution in [2.45, 2.75) is 20.3 Å². The van der Waals surface area contributed by atoms with E-state index in [-0.39, 0.29) is 18.0 Å². The summed E-state index contributed by atoms with van der Waals surface area (Å²) in [6.45, 7) is 3.88. The number of aromatic carboxylic acids is 1. The molecule has 2 aromatic carbocycles. The second-order valence-electron chi connectivity index (χ2n) is 4.98. The Kier molecular flexibility index (Phi) is 4.38. The predicted octanol–water partition coefficient (Wildman–Crippen LogP) is 3.15. The maximum Gasteiger partial charge on any atom is 0.335 e. The molecule has 0 spiro atoms. The summed E-state index contributed by atoms with van der Waals surface area (Å²) in [6, 6.07) is 11.8. The van der Waals surface area contributed by atoms with Crippen LogP contribution in [0.1, 0.15) is 27.0 Å². The molecule has 0 aliphatic carbocycles. The average Bonchev–Trinajstić information content (AvgIpc) is 2.37. The van der Waals surface area contributed by atoms with E-state index in [2.05, 4.69) is 0 Å². The number of hydrogen-bond donors (Lipinski definition) is 1. The van der Waals surface area contributed by atoms with E-state index in [1.807, 2.05) is 19.9 Å². The smallest absolute Gasteiger partial charge is 0.335 e. The monoisotopic (exact) mass is 284 g/mol. The Morgan fingerprint density at radius 1 is 1.00 bits per heavy atom. The highest BCUT2D eigenvalue weighted by Gasteiger charge is 2.08. The zero-order chi connectivity index (χ0) is 15.4. The second-order valence-corrected chi connectivity index (χ2v) is 4.98. The first-order valence-electron chi connectivity index (χ1n) is 6.55. The SMILES string of the molecule is Cc1cc(C)cc(OC(=O)Cc2ccc(C(=O)O)cc2)c1. The number of esters is 1. The van der Waals surface area contributed by atoms with Crippen molar-refractivity contribution in [3.63, 3.8) is 0 Å². The highest BCUT2D eigenvalue weighted by Crippen LogP contribution is 2.17. The molecule has 4 nitrogen and oxygen atoms in total. The topological polar surface area (TPSA) is 63.6 Å². The van der Waals surface area contributed by atoms with Crippen LogP contribution in [0.2, 0.25) is 0 Å². The van der Waals surface area contributed by atoms with Crippen molar-refractivity contribution in [3.8, 4) is 5.75 Å². The van der Waals surface area contributed by atoms with Crippen LogP contribution in [0.4, 0.5) is 0 Å². The first kappa shape index (κ1) is 14.8. The van der Waals surface area contributed by atoms with E-state index >= 15 is 0 Å². The summed E-state index contributed by atoms with van der Waals surface area (Å²) in [5.41, 5.74) is 2.98. The molecule has 0 heterocycles. The Bertz CT molecular complexity index is 651. The normalized spacial score (nSPS) is 10.2. The molecular formula is C17H16O4. The molecular weight excluding hydrogens is 268 g/mol. The fourth-order valence-corrected chi connectivity index (χ4v) is 2.09. The summed E-state index contributed by atoms with van der Waals surface area (Å²) in [7, 11) is 0. The van der Waals surface area contributed by atoms with Gasteiger partial charge in [-0.15, -0.1) is 0 Å².